The van der Waals surface area contributed by atoms with Crippen LogP contribution in [0.25, 0.3) is 0 Å². The molecular formula is C17H18INO2. The molecule has 4 heteroatoms. The monoisotopic (exact) mass is 395 g/mol. The number of carbonyl (C=O) groups is 1. The minimum absolute atomic E-state index is 0.0732. The van der Waals surface area contributed by atoms with Crippen LogP contribution in [-0.2, 0) is 0 Å². The zero-order chi connectivity index (χ0) is 15.2. The van der Waals surface area contributed by atoms with Gasteiger partial charge in [-0.3, -0.25) is 4.79 Å². The van der Waals surface area contributed by atoms with Crippen molar-refractivity contribution < 1.29 is 9.53 Å². The normalized spacial score (nSPS) is 10.2. The zero-order valence-electron chi connectivity index (χ0n) is 12.2. The van der Waals surface area contributed by atoms with E-state index in [9.17, 15) is 4.79 Å². The molecule has 21 heavy (non-hydrogen) atoms. The lowest BCUT2D eigenvalue weighted by Gasteiger charge is -2.11. The first-order valence-electron chi connectivity index (χ1n) is 6.80. The standard InChI is InChI=1S/C17H18INO2/c1-12-4-3-5-16(13(12)2)21-11-10-19-17(20)14-6-8-15(18)9-7-14/h3-9H,10-11H2,1-2H3,(H,19,20). The summed E-state index contributed by atoms with van der Waals surface area (Å²) in [6.07, 6.45) is 0. The van der Waals surface area contributed by atoms with E-state index < -0.39 is 0 Å². The van der Waals surface area contributed by atoms with Crippen molar-refractivity contribution in [1.29, 1.82) is 0 Å². The molecule has 0 saturated carbocycles. The molecule has 2 aromatic carbocycles. The fraction of sp³-hybridized carbons (Fsp3) is 0.235. The number of rotatable bonds is 5. The highest BCUT2D eigenvalue weighted by Gasteiger charge is 2.05. The van der Waals surface area contributed by atoms with E-state index in [0.29, 0.717) is 18.7 Å². The van der Waals surface area contributed by atoms with E-state index in [2.05, 4.69) is 40.9 Å². The second kappa shape index (κ2) is 7.45. The molecule has 0 unspecified atom stereocenters. The van der Waals surface area contributed by atoms with E-state index in [1.54, 1.807) is 0 Å². The van der Waals surface area contributed by atoms with Gasteiger partial charge >= 0.3 is 0 Å². The summed E-state index contributed by atoms with van der Waals surface area (Å²) in [6.45, 7) is 5.04. The van der Waals surface area contributed by atoms with Gasteiger partial charge in [0.25, 0.3) is 5.91 Å². The summed E-state index contributed by atoms with van der Waals surface area (Å²) in [5.41, 5.74) is 3.01. The summed E-state index contributed by atoms with van der Waals surface area (Å²) in [5, 5.41) is 2.86. The predicted molar refractivity (Wildman–Crippen MR) is 92.9 cm³/mol. The van der Waals surface area contributed by atoms with Gasteiger partial charge in [-0.25, -0.2) is 0 Å². The van der Waals surface area contributed by atoms with Crippen molar-refractivity contribution in [2.24, 2.45) is 0 Å². The minimum Gasteiger partial charge on any atom is -0.491 e. The first kappa shape index (κ1) is 15.8. The Morgan fingerprint density at radius 1 is 1.14 bits per heavy atom. The molecule has 1 N–H and O–H groups in total. The fourth-order valence-electron chi connectivity index (χ4n) is 1.91. The van der Waals surface area contributed by atoms with Crippen LogP contribution in [0.15, 0.2) is 42.5 Å². The maximum absolute atomic E-state index is 11.9. The molecular weight excluding hydrogens is 377 g/mol. The quantitative estimate of drug-likeness (QED) is 0.619. The summed E-state index contributed by atoms with van der Waals surface area (Å²) < 4.78 is 6.82. The van der Waals surface area contributed by atoms with E-state index >= 15 is 0 Å². The second-order valence-electron chi connectivity index (χ2n) is 4.81. The average Bonchev–Trinajstić information content (AvgIpc) is 2.48. The molecule has 0 atom stereocenters. The lowest BCUT2D eigenvalue weighted by Crippen LogP contribution is -2.28. The van der Waals surface area contributed by atoms with Gasteiger partial charge in [0.1, 0.15) is 12.4 Å². The van der Waals surface area contributed by atoms with Gasteiger partial charge < -0.3 is 10.1 Å². The molecule has 2 rings (SSSR count). The first-order valence-corrected chi connectivity index (χ1v) is 7.88. The summed E-state index contributed by atoms with van der Waals surface area (Å²) in [5.74, 6) is 0.800. The van der Waals surface area contributed by atoms with Crippen molar-refractivity contribution in [3.8, 4) is 5.75 Å². The van der Waals surface area contributed by atoms with E-state index in [1.807, 2.05) is 43.3 Å². The lowest BCUT2D eigenvalue weighted by atomic mass is 10.1. The van der Waals surface area contributed by atoms with Crippen LogP contribution < -0.4 is 10.1 Å². The number of halogens is 1. The van der Waals surface area contributed by atoms with Crippen LogP contribution in [0.5, 0.6) is 5.75 Å². The molecule has 1 amide bonds. The second-order valence-corrected chi connectivity index (χ2v) is 6.05. The summed E-state index contributed by atoms with van der Waals surface area (Å²) >= 11 is 2.21. The van der Waals surface area contributed by atoms with Crippen LogP contribution in [0.2, 0.25) is 0 Å². The van der Waals surface area contributed by atoms with Gasteiger partial charge in [-0.2, -0.15) is 0 Å². The summed E-state index contributed by atoms with van der Waals surface area (Å²) in [7, 11) is 0. The van der Waals surface area contributed by atoms with Crippen LogP contribution in [-0.4, -0.2) is 19.1 Å². The number of ether oxygens (including phenoxy) is 1. The molecule has 2 aromatic rings. The van der Waals surface area contributed by atoms with Gasteiger partial charge in [0.2, 0.25) is 0 Å². The molecule has 0 fully saturated rings. The van der Waals surface area contributed by atoms with Crippen molar-refractivity contribution in [1.82, 2.24) is 5.32 Å². The Morgan fingerprint density at radius 2 is 1.86 bits per heavy atom. The van der Waals surface area contributed by atoms with Crippen LogP contribution in [0.1, 0.15) is 21.5 Å². The van der Waals surface area contributed by atoms with Crippen LogP contribution in [0.4, 0.5) is 0 Å². The molecule has 0 heterocycles. The topological polar surface area (TPSA) is 38.3 Å². The highest BCUT2D eigenvalue weighted by molar-refractivity contribution is 14.1. The van der Waals surface area contributed by atoms with Gasteiger partial charge in [0, 0.05) is 9.13 Å². The molecule has 0 aliphatic carbocycles. The number of carbonyl (C=O) groups excluding carboxylic acids is 1. The largest absolute Gasteiger partial charge is 0.491 e. The predicted octanol–water partition coefficient (Wildman–Crippen LogP) is 3.72. The highest BCUT2D eigenvalue weighted by atomic mass is 127. The Morgan fingerprint density at radius 3 is 2.57 bits per heavy atom. The third kappa shape index (κ3) is 4.46. The lowest BCUT2D eigenvalue weighted by molar-refractivity contribution is 0.0947. The third-order valence-corrected chi connectivity index (χ3v) is 4.03. The molecule has 0 aromatic heterocycles. The van der Waals surface area contributed by atoms with Crippen molar-refractivity contribution in [2.75, 3.05) is 13.2 Å². The highest BCUT2D eigenvalue weighted by Crippen LogP contribution is 2.20. The van der Waals surface area contributed by atoms with Gasteiger partial charge in [0.15, 0.2) is 0 Å². The Kier molecular flexibility index (Phi) is 5.61. The maximum atomic E-state index is 11.9. The van der Waals surface area contributed by atoms with Gasteiger partial charge in [-0.05, 0) is 77.9 Å². The van der Waals surface area contributed by atoms with Gasteiger partial charge in [-0.15, -0.1) is 0 Å². The van der Waals surface area contributed by atoms with E-state index in [-0.39, 0.29) is 5.91 Å². The van der Waals surface area contributed by atoms with E-state index in [4.69, 9.17) is 4.74 Å². The third-order valence-electron chi connectivity index (χ3n) is 3.31. The minimum atomic E-state index is -0.0732. The molecule has 0 bridgehead atoms. The van der Waals surface area contributed by atoms with Gasteiger partial charge in [-0.1, -0.05) is 12.1 Å². The first-order chi connectivity index (χ1) is 10.1. The summed E-state index contributed by atoms with van der Waals surface area (Å²) in [6, 6.07) is 13.5. The van der Waals surface area contributed by atoms with Crippen molar-refractivity contribution >= 4 is 28.5 Å². The van der Waals surface area contributed by atoms with E-state index in [1.165, 1.54) is 5.56 Å². The number of hydrogen-bond acceptors (Lipinski definition) is 2. The number of benzene rings is 2. The van der Waals surface area contributed by atoms with E-state index in [0.717, 1.165) is 14.9 Å². The molecule has 0 aliphatic heterocycles. The SMILES string of the molecule is Cc1cccc(OCCNC(=O)c2ccc(I)cc2)c1C. The van der Waals surface area contributed by atoms with Crippen LogP contribution in [0, 0.1) is 17.4 Å². The Labute approximate surface area is 138 Å². The molecule has 3 nitrogen and oxygen atoms in total. The summed E-state index contributed by atoms with van der Waals surface area (Å²) in [4.78, 5) is 11.9. The maximum Gasteiger partial charge on any atom is 0.251 e. The molecule has 0 saturated heterocycles. The van der Waals surface area contributed by atoms with Crippen LogP contribution >= 0.6 is 22.6 Å². The van der Waals surface area contributed by atoms with Crippen molar-refractivity contribution in [3.05, 3.63) is 62.7 Å². The molecule has 110 valence electrons. The number of aryl methyl sites for hydroxylation is 1. The van der Waals surface area contributed by atoms with Crippen molar-refractivity contribution in [3.63, 3.8) is 0 Å². The number of nitrogens with one attached hydrogen (secondary N) is 1. The van der Waals surface area contributed by atoms with Crippen LogP contribution in [0.3, 0.4) is 0 Å². The number of hydrogen-bond donors (Lipinski definition) is 1. The molecule has 0 spiro atoms. The Hall–Kier alpha value is -1.56. The van der Waals surface area contributed by atoms with Gasteiger partial charge in [0.05, 0.1) is 6.54 Å². The van der Waals surface area contributed by atoms with Crippen molar-refractivity contribution in [2.45, 2.75) is 13.8 Å². The average molecular weight is 395 g/mol. The molecule has 0 radical (unpaired) electrons. The fourth-order valence-corrected chi connectivity index (χ4v) is 2.27. The zero-order valence-corrected chi connectivity index (χ0v) is 14.3. The Bertz CT molecular complexity index is 623. The smallest absolute Gasteiger partial charge is 0.251 e. The number of amides is 1. The Balaban J connectivity index is 1.80. The molecule has 0 aliphatic rings.